The van der Waals surface area contributed by atoms with Crippen molar-refractivity contribution in [2.75, 3.05) is 5.32 Å². The number of carbonyl (C=O) groups excluding carboxylic acids is 2. The number of anilines is 1. The maximum Gasteiger partial charge on any atom is 0.358 e. The second kappa shape index (κ2) is 6.80. The van der Waals surface area contributed by atoms with E-state index in [1.54, 1.807) is 12.3 Å². The highest BCUT2D eigenvalue weighted by molar-refractivity contribution is 7.09. The van der Waals surface area contributed by atoms with Crippen LogP contribution < -0.4 is 5.32 Å². The Hall–Kier alpha value is -2.73. The van der Waals surface area contributed by atoms with E-state index in [4.69, 9.17) is 4.74 Å². The fraction of sp³-hybridized carbons (Fsp3) is 0.167. The summed E-state index contributed by atoms with van der Waals surface area (Å²) in [4.78, 5) is 28.4. The number of hydrogen-bond donors (Lipinski definition) is 1. The zero-order chi connectivity index (χ0) is 17.1. The van der Waals surface area contributed by atoms with Gasteiger partial charge in [0.25, 0.3) is 5.91 Å². The summed E-state index contributed by atoms with van der Waals surface area (Å²) in [6.07, 6.45) is -0.918. The van der Waals surface area contributed by atoms with Crippen LogP contribution in [0.1, 0.15) is 22.4 Å². The molecule has 0 spiro atoms. The standard InChI is InChI=1S/C18H16N2O3S/c1-11(23-18(22)16-10-24-12(2)19-16)17(21)20-15-9-5-7-13-6-3-4-8-14(13)15/h3-11H,1-2H3,(H,20,21)/t11-/m0/s1. The van der Waals surface area contributed by atoms with E-state index in [2.05, 4.69) is 10.3 Å². The Morgan fingerprint density at radius 1 is 1.17 bits per heavy atom. The van der Waals surface area contributed by atoms with Crippen LogP contribution in [-0.2, 0) is 9.53 Å². The predicted molar refractivity (Wildman–Crippen MR) is 94.3 cm³/mol. The van der Waals surface area contributed by atoms with E-state index in [1.807, 2.05) is 42.5 Å². The molecule has 5 nitrogen and oxygen atoms in total. The Balaban J connectivity index is 1.71. The lowest BCUT2D eigenvalue weighted by Gasteiger charge is -2.14. The molecule has 0 unspecified atom stereocenters. The van der Waals surface area contributed by atoms with E-state index in [9.17, 15) is 9.59 Å². The summed E-state index contributed by atoms with van der Waals surface area (Å²) in [5.74, 6) is -0.980. The van der Waals surface area contributed by atoms with Crippen molar-refractivity contribution in [1.82, 2.24) is 4.98 Å². The molecule has 1 N–H and O–H groups in total. The first-order chi connectivity index (χ1) is 11.5. The highest BCUT2D eigenvalue weighted by atomic mass is 32.1. The molecule has 0 saturated carbocycles. The van der Waals surface area contributed by atoms with E-state index in [0.29, 0.717) is 5.69 Å². The molecule has 24 heavy (non-hydrogen) atoms. The number of nitrogens with one attached hydrogen (secondary N) is 1. The number of aryl methyl sites for hydroxylation is 1. The predicted octanol–water partition coefficient (Wildman–Crippen LogP) is 3.79. The molecule has 1 amide bonds. The average Bonchev–Trinajstić information content (AvgIpc) is 3.01. The van der Waals surface area contributed by atoms with Crippen molar-refractivity contribution >= 4 is 39.7 Å². The first kappa shape index (κ1) is 16.1. The summed E-state index contributed by atoms with van der Waals surface area (Å²) in [7, 11) is 0. The van der Waals surface area contributed by atoms with Gasteiger partial charge in [0, 0.05) is 16.5 Å². The van der Waals surface area contributed by atoms with E-state index < -0.39 is 12.1 Å². The molecule has 122 valence electrons. The normalized spacial score (nSPS) is 11.9. The molecule has 6 heteroatoms. The monoisotopic (exact) mass is 340 g/mol. The molecule has 0 saturated heterocycles. The van der Waals surface area contributed by atoms with Crippen molar-refractivity contribution in [3.63, 3.8) is 0 Å². The molecular formula is C18H16N2O3S. The summed E-state index contributed by atoms with van der Waals surface area (Å²) in [6.45, 7) is 3.34. The second-order valence-corrected chi connectivity index (χ2v) is 6.38. The van der Waals surface area contributed by atoms with Gasteiger partial charge < -0.3 is 10.1 Å². The van der Waals surface area contributed by atoms with Crippen LogP contribution in [0.5, 0.6) is 0 Å². The van der Waals surface area contributed by atoms with Crippen molar-refractivity contribution in [3.8, 4) is 0 Å². The van der Waals surface area contributed by atoms with E-state index in [-0.39, 0.29) is 11.6 Å². The number of nitrogens with zero attached hydrogens (tertiary/aromatic N) is 1. The van der Waals surface area contributed by atoms with Gasteiger partial charge in [0.15, 0.2) is 11.8 Å². The van der Waals surface area contributed by atoms with Crippen LogP contribution in [0.3, 0.4) is 0 Å². The lowest BCUT2D eigenvalue weighted by Crippen LogP contribution is -2.30. The fourth-order valence-electron chi connectivity index (χ4n) is 2.30. The first-order valence-corrected chi connectivity index (χ1v) is 8.34. The Kier molecular flexibility index (Phi) is 4.57. The third-order valence-electron chi connectivity index (χ3n) is 3.53. The van der Waals surface area contributed by atoms with E-state index in [1.165, 1.54) is 18.3 Å². The summed E-state index contributed by atoms with van der Waals surface area (Å²) in [5, 5.41) is 7.16. The van der Waals surface area contributed by atoms with E-state index in [0.717, 1.165) is 15.8 Å². The number of hydrogen-bond acceptors (Lipinski definition) is 5. The summed E-state index contributed by atoms with van der Waals surface area (Å²) in [6, 6.07) is 13.4. The average molecular weight is 340 g/mol. The number of carbonyl (C=O) groups is 2. The van der Waals surface area contributed by atoms with Crippen LogP contribution in [0.25, 0.3) is 10.8 Å². The topological polar surface area (TPSA) is 68.3 Å². The molecule has 0 aliphatic rings. The largest absolute Gasteiger partial charge is 0.448 e. The highest BCUT2D eigenvalue weighted by Crippen LogP contribution is 2.23. The molecule has 0 aliphatic carbocycles. The molecule has 0 fully saturated rings. The zero-order valence-corrected chi connectivity index (χ0v) is 14.1. The van der Waals surface area contributed by atoms with Crippen LogP contribution >= 0.6 is 11.3 Å². The number of rotatable bonds is 4. The molecule has 3 rings (SSSR count). The second-order valence-electron chi connectivity index (χ2n) is 5.32. The number of thiazole rings is 1. The Morgan fingerprint density at radius 2 is 1.92 bits per heavy atom. The SMILES string of the molecule is Cc1nc(C(=O)O[C@@H](C)C(=O)Nc2cccc3ccccc23)cs1. The summed E-state index contributed by atoms with van der Waals surface area (Å²) in [5.41, 5.74) is 0.910. The van der Waals surface area contributed by atoms with Crippen molar-refractivity contribution in [2.24, 2.45) is 0 Å². The fourth-order valence-corrected chi connectivity index (χ4v) is 2.88. The zero-order valence-electron chi connectivity index (χ0n) is 13.3. The first-order valence-electron chi connectivity index (χ1n) is 7.46. The number of ether oxygens (including phenoxy) is 1. The van der Waals surface area contributed by atoms with Gasteiger partial charge in [-0.25, -0.2) is 9.78 Å². The molecule has 1 aromatic heterocycles. The maximum absolute atomic E-state index is 12.3. The number of aromatic nitrogens is 1. The van der Waals surface area contributed by atoms with Gasteiger partial charge in [-0.3, -0.25) is 4.79 Å². The number of amides is 1. The maximum atomic E-state index is 12.3. The molecule has 0 aliphatic heterocycles. The van der Waals surface area contributed by atoms with Gasteiger partial charge in [-0.2, -0.15) is 0 Å². The Bertz CT molecular complexity index is 899. The number of esters is 1. The molecule has 0 radical (unpaired) electrons. The third-order valence-corrected chi connectivity index (χ3v) is 4.30. The van der Waals surface area contributed by atoms with Crippen LogP contribution in [0, 0.1) is 6.92 Å². The van der Waals surface area contributed by atoms with Crippen LogP contribution in [0.4, 0.5) is 5.69 Å². The minimum absolute atomic E-state index is 0.224. The van der Waals surface area contributed by atoms with Gasteiger partial charge in [0.05, 0.1) is 5.01 Å². The van der Waals surface area contributed by atoms with Gasteiger partial charge in [-0.15, -0.1) is 11.3 Å². The van der Waals surface area contributed by atoms with Crippen molar-refractivity contribution in [2.45, 2.75) is 20.0 Å². The molecule has 1 heterocycles. The van der Waals surface area contributed by atoms with E-state index >= 15 is 0 Å². The van der Waals surface area contributed by atoms with Crippen molar-refractivity contribution in [3.05, 3.63) is 58.5 Å². The molecule has 3 aromatic rings. The number of benzene rings is 2. The quantitative estimate of drug-likeness (QED) is 0.734. The Morgan fingerprint density at radius 3 is 2.67 bits per heavy atom. The van der Waals surface area contributed by atoms with Crippen LogP contribution in [0.15, 0.2) is 47.8 Å². The smallest absolute Gasteiger partial charge is 0.358 e. The van der Waals surface area contributed by atoms with Gasteiger partial charge in [0.1, 0.15) is 0 Å². The van der Waals surface area contributed by atoms with Crippen LogP contribution in [-0.4, -0.2) is 23.0 Å². The molecule has 2 aromatic carbocycles. The summed E-state index contributed by atoms with van der Waals surface area (Å²) < 4.78 is 5.19. The minimum Gasteiger partial charge on any atom is -0.448 e. The minimum atomic E-state index is -0.918. The summed E-state index contributed by atoms with van der Waals surface area (Å²) >= 11 is 1.36. The van der Waals surface area contributed by atoms with Crippen molar-refractivity contribution < 1.29 is 14.3 Å². The molecule has 1 atom stereocenters. The van der Waals surface area contributed by atoms with Gasteiger partial charge >= 0.3 is 5.97 Å². The third kappa shape index (κ3) is 3.44. The molecule has 0 bridgehead atoms. The Labute approximate surface area is 143 Å². The lowest BCUT2D eigenvalue weighted by molar-refractivity contribution is -0.123. The van der Waals surface area contributed by atoms with Gasteiger partial charge in [-0.1, -0.05) is 36.4 Å². The number of fused-ring (bicyclic) bond motifs is 1. The molecular weight excluding hydrogens is 324 g/mol. The van der Waals surface area contributed by atoms with Crippen molar-refractivity contribution in [1.29, 1.82) is 0 Å². The highest BCUT2D eigenvalue weighted by Gasteiger charge is 2.21. The van der Waals surface area contributed by atoms with Crippen LogP contribution in [0.2, 0.25) is 0 Å². The lowest BCUT2D eigenvalue weighted by atomic mass is 10.1. The van der Waals surface area contributed by atoms with Gasteiger partial charge in [-0.05, 0) is 25.3 Å². The van der Waals surface area contributed by atoms with Gasteiger partial charge in [0.2, 0.25) is 0 Å².